The maximum Gasteiger partial charge on any atom is 0.208 e. The van der Waals surface area contributed by atoms with E-state index in [4.69, 9.17) is 10.8 Å². The number of hydrazine groups is 1. The van der Waals surface area contributed by atoms with Gasteiger partial charge < -0.3 is 9.80 Å². The van der Waals surface area contributed by atoms with Crippen LogP contribution >= 0.6 is 0 Å². The van der Waals surface area contributed by atoms with E-state index < -0.39 is 0 Å². The summed E-state index contributed by atoms with van der Waals surface area (Å²) in [5, 5.41) is 0. The van der Waals surface area contributed by atoms with Crippen molar-refractivity contribution in [3.8, 4) is 0 Å². The molecule has 1 atom stereocenters. The quantitative estimate of drug-likeness (QED) is 0.338. The molecule has 0 aromatic heterocycles. The molecular weight excluding hydrogens is 226 g/mol. The monoisotopic (exact) mass is 253 g/mol. The van der Waals surface area contributed by atoms with Gasteiger partial charge in [0.25, 0.3) is 0 Å². The zero-order valence-corrected chi connectivity index (χ0v) is 11.7. The number of nitrogens with zero attached hydrogens (tertiary/aromatic N) is 3. The molecule has 1 saturated carbocycles. The number of hydrogen-bond donors (Lipinski definition) is 2. The second-order valence-corrected chi connectivity index (χ2v) is 5.79. The predicted octanol–water partition coefficient (Wildman–Crippen LogP) is 0.774. The Morgan fingerprint density at radius 3 is 2.61 bits per heavy atom. The SMILES string of the molecule is CN(C)CC1CCCN1C(=NC1CCCC1)NN. The van der Waals surface area contributed by atoms with Crippen molar-refractivity contribution in [2.45, 2.75) is 50.6 Å². The van der Waals surface area contributed by atoms with Crippen molar-refractivity contribution in [2.24, 2.45) is 10.8 Å². The molecule has 1 aliphatic carbocycles. The third-order valence-electron chi connectivity index (χ3n) is 3.98. The van der Waals surface area contributed by atoms with Gasteiger partial charge in [0, 0.05) is 19.1 Å². The lowest BCUT2D eigenvalue weighted by molar-refractivity contribution is 0.279. The van der Waals surface area contributed by atoms with Gasteiger partial charge in [0.1, 0.15) is 0 Å². The molecule has 0 bridgehead atoms. The first kappa shape index (κ1) is 13.6. The van der Waals surface area contributed by atoms with Crippen LogP contribution in [0.15, 0.2) is 4.99 Å². The van der Waals surface area contributed by atoms with Crippen molar-refractivity contribution >= 4 is 5.96 Å². The van der Waals surface area contributed by atoms with Crippen LogP contribution in [0.2, 0.25) is 0 Å². The summed E-state index contributed by atoms with van der Waals surface area (Å²) in [6, 6.07) is 1.04. The summed E-state index contributed by atoms with van der Waals surface area (Å²) in [4.78, 5) is 9.42. The zero-order valence-electron chi connectivity index (χ0n) is 11.7. The Labute approximate surface area is 110 Å². The molecule has 1 unspecified atom stereocenters. The molecule has 18 heavy (non-hydrogen) atoms. The van der Waals surface area contributed by atoms with E-state index in [1.807, 2.05) is 0 Å². The number of guanidine groups is 1. The predicted molar refractivity (Wildman–Crippen MR) is 75.3 cm³/mol. The second-order valence-electron chi connectivity index (χ2n) is 5.79. The van der Waals surface area contributed by atoms with Gasteiger partial charge in [-0.3, -0.25) is 5.43 Å². The number of hydrogen-bond acceptors (Lipinski definition) is 3. The molecule has 3 N–H and O–H groups in total. The topological polar surface area (TPSA) is 56.9 Å². The lowest BCUT2D eigenvalue weighted by Gasteiger charge is -2.29. The molecule has 1 heterocycles. The first-order valence-corrected chi connectivity index (χ1v) is 7.16. The van der Waals surface area contributed by atoms with Crippen LogP contribution < -0.4 is 11.3 Å². The molecule has 0 amide bonds. The standard InChI is InChI=1S/C13H27N5/c1-17(2)10-12-8-5-9-18(12)13(16-14)15-11-6-3-4-7-11/h11-12H,3-10,14H2,1-2H3,(H,15,16). The minimum absolute atomic E-state index is 0.483. The van der Waals surface area contributed by atoms with E-state index in [1.165, 1.54) is 38.5 Å². The normalized spacial score (nSPS) is 26.3. The molecule has 104 valence electrons. The second kappa shape index (κ2) is 6.38. The number of rotatable bonds is 3. The van der Waals surface area contributed by atoms with Crippen LogP contribution in [0.5, 0.6) is 0 Å². The number of likely N-dealkylation sites (N-methyl/N-ethyl adjacent to an activating group) is 1. The fourth-order valence-corrected chi connectivity index (χ4v) is 3.13. The van der Waals surface area contributed by atoms with Crippen LogP contribution in [0.1, 0.15) is 38.5 Å². The highest BCUT2D eigenvalue weighted by Gasteiger charge is 2.28. The average molecular weight is 253 g/mol. The van der Waals surface area contributed by atoms with Crippen molar-refractivity contribution < 1.29 is 0 Å². The third kappa shape index (κ3) is 3.36. The number of likely N-dealkylation sites (tertiary alicyclic amines) is 1. The molecule has 0 aromatic carbocycles. The number of nitrogens with two attached hydrogens (primary N) is 1. The van der Waals surface area contributed by atoms with E-state index in [9.17, 15) is 0 Å². The van der Waals surface area contributed by atoms with Gasteiger partial charge in [0.05, 0.1) is 6.04 Å². The minimum Gasteiger partial charge on any atom is -0.338 e. The lowest BCUT2D eigenvalue weighted by Crippen LogP contribution is -2.50. The fourth-order valence-electron chi connectivity index (χ4n) is 3.13. The summed E-state index contributed by atoms with van der Waals surface area (Å²) in [5.41, 5.74) is 2.83. The van der Waals surface area contributed by atoms with Gasteiger partial charge in [-0.25, -0.2) is 10.8 Å². The molecule has 2 fully saturated rings. The molecule has 0 aromatic rings. The first-order chi connectivity index (χ1) is 8.70. The van der Waals surface area contributed by atoms with E-state index >= 15 is 0 Å². The molecule has 2 aliphatic rings. The summed E-state index contributed by atoms with van der Waals surface area (Å²) < 4.78 is 0. The molecular formula is C13H27N5. The Hall–Kier alpha value is -0.810. The highest BCUT2D eigenvalue weighted by atomic mass is 15.4. The molecule has 1 saturated heterocycles. The van der Waals surface area contributed by atoms with Gasteiger partial charge in [0.15, 0.2) is 0 Å². The van der Waals surface area contributed by atoms with Crippen LogP contribution in [0.4, 0.5) is 0 Å². The highest BCUT2D eigenvalue weighted by Crippen LogP contribution is 2.23. The van der Waals surface area contributed by atoms with Crippen LogP contribution in [0.25, 0.3) is 0 Å². The first-order valence-electron chi connectivity index (χ1n) is 7.16. The van der Waals surface area contributed by atoms with Gasteiger partial charge in [-0.05, 0) is 39.8 Å². The molecule has 5 nitrogen and oxygen atoms in total. The van der Waals surface area contributed by atoms with Crippen molar-refractivity contribution in [1.82, 2.24) is 15.2 Å². The van der Waals surface area contributed by atoms with Gasteiger partial charge >= 0.3 is 0 Å². The van der Waals surface area contributed by atoms with Crippen molar-refractivity contribution in [2.75, 3.05) is 27.2 Å². The Morgan fingerprint density at radius 2 is 2.00 bits per heavy atom. The maximum absolute atomic E-state index is 5.69. The van der Waals surface area contributed by atoms with E-state index in [0.29, 0.717) is 12.1 Å². The fraction of sp³-hybridized carbons (Fsp3) is 0.923. The Kier molecular flexibility index (Phi) is 4.83. The Morgan fingerprint density at radius 1 is 1.28 bits per heavy atom. The molecule has 0 spiro atoms. The van der Waals surface area contributed by atoms with E-state index in [1.54, 1.807) is 0 Å². The molecule has 5 heteroatoms. The summed E-state index contributed by atoms with van der Waals surface area (Å²) in [6.45, 7) is 2.15. The summed E-state index contributed by atoms with van der Waals surface area (Å²) in [6.07, 6.45) is 7.54. The van der Waals surface area contributed by atoms with Gasteiger partial charge in [-0.2, -0.15) is 0 Å². The van der Waals surface area contributed by atoms with Gasteiger partial charge in [0.2, 0.25) is 5.96 Å². The van der Waals surface area contributed by atoms with Crippen molar-refractivity contribution in [3.63, 3.8) is 0 Å². The molecule has 2 rings (SSSR count). The molecule has 0 radical (unpaired) electrons. The van der Waals surface area contributed by atoms with Crippen LogP contribution in [0, 0.1) is 0 Å². The summed E-state index contributed by atoms with van der Waals surface area (Å²) in [5.74, 6) is 6.60. The number of nitrogens with one attached hydrogen (secondary N) is 1. The van der Waals surface area contributed by atoms with Crippen LogP contribution in [-0.4, -0.2) is 55.0 Å². The van der Waals surface area contributed by atoms with Crippen molar-refractivity contribution in [3.05, 3.63) is 0 Å². The van der Waals surface area contributed by atoms with Gasteiger partial charge in [-0.15, -0.1) is 0 Å². The van der Waals surface area contributed by atoms with E-state index in [2.05, 4.69) is 29.3 Å². The lowest BCUT2D eigenvalue weighted by atomic mass is 10.2. The van der Waals surface area contributed by atoms with E-state index in [-0.39, 0.29) is 0 Å². The minimum atomic E-state index is 0.483. The number of aliphatic imine (C=N–C) groups is 1. The highest BCUT2D eigenvalue weighted by molar-refractivity contribution is 5.80. The Bertz CT molecular complexity index is 283. The Balaban J connectivity index is 2.01. The summed E-state index contributed by atoms with van der Waals surface area (Å²) >= 11 is 0. The third-order valence-corrected chi connectivity index (χ3v) is 3.98. The zero-order chi connectivity index (χ0) is 13.0. The molecule has 1 aliphatic heterocycles. The van der Waals surface area contributed by atoms with Crippen LogP contribution in [-0.2, 0) is 0 Å². The van der Waals surface area contributed by atoms with Crippen molar-refractivity contribution in [1.29, 1.82) is 0 Å². The largest absolute Gasteiger partial charge is 0.338 e. The average Bonchev–Trinajstić information content (AvgIpc) is 2.96. The summed E-state index contributed by atoms with van der Waals surface area (Å²) in [7, 11) is 4.25. The maximum atomic E-state index is 5.69. The smallest absolute Gasteiger partial charge is 0.208 e. The van der Waals surface area contributed by atoms with Gasteiger partial charge in [-0.1, -0.05) is 12.8 Å². The van der Waals surface area contributed by atoms with Crippen LogP contribution in [0.3, 0.4) is 0 Å². The van der Waals surface area contributed by atoms with E-state index in [0.717, 1.165) is 19.0 Å².